The Morgan fingerprint density at radius 3 is 2.91 bits per heavy atom. The Labute approximate surface area is 127 Å². The highest BCUT2D eigenvalue weighted by molar-refractivity contribution is 5.82. The minimum absolute atomic E-state index is 0.118. The fourth-order valence-corrected chi connectivity index (χ4v) is 3.09. The van der Waals surface area contributed by atoms with Crippen molar-refractivity contribution in [2.24, 2.45) is 0 Å². The molecule has 1 saturated heterocycles. The molecule has 0 aliphatic carbocycles. The Morgan fingerprint density at radius 1 is 1.41 bits per heavy atom. The third kappa shape index (κ3) is 2.70. The first-order chi connectivity index (χ1) is 10.5. The number of halogens is 1. The first kappa shape index (κ1) is 15.0. The Morgan fingerprint density at radius 2 is 2.18 bits per heavy atom. The summed E-state index contributed by atoms with van der Waals surface area (Å²) in [5.74, 6) is -1.76. The number of carbonyl (C=O) groups is 2. The number of carbonyl (C=O) groups excluding carboxylic acids is 1. The molecule has 5 nitrogen and oxygen atoms in total. The molecular formula is C16H18FNO4. The highest BCUT2D eigenvalue weighted by Gasteiger charge is 2.47. The van der Waals surface area contributed by atoms with E-state index in [1.165, 1.54) is 10.5 Å². The summed E-state index contributed by atoms with van der Waals surface area (Å²) in [6.45, 7) is 0.308. The lowest BCUT2D eigenvalue weighted by Gasteiger charge is -2.27. The summed E-state index contributed by atoms with van der Waals surface area (Å²) in [5, 5.41) is 8.89. The van der Waals surface area contributed by atoms with E-state index in [1.54, 1.807) is 0 Å². The lowest BCUT2D eigenvalue weighted by molar-refractivity contribution is -0.150. The van der Waals surface area contributed by atoms with E-state index >= 15 is 0 Å². The van der Waals surface area contributed by atoms with Gasteiger partial charge < -0.3 is 14.7 Å². The number of carboxylic acid groups (broad SMARTS) is 1. The van der Waals surface area contributed by atoms with Crippen LogP contribution in [0.5, 0.6) is 0 Å². The lowest BCUT2D eigenvalue weighted by atomic mass is 9.95. The second-order valence-electron chi connectivity index (χ2n) is 5.85. The van der Waals surface area contributed by atoms with E-state index in [1.807, 2.05) is 24.3 Å². The van der Waals surface area contributed by atoms with Gasteiger partial charge in [0.25, 0.3) is 0 Å². The van der Waals surface area contributed by atoms with Crippen LogP contribution in [0.4, 0.5) is 4.39 Å². The first-order valence-corrected chi connectivity index (χ1v) is 7.39. The minimum atomic E-state index is -2.32. The molecule has 0 aromatic heterocycles. The molecule has 0 bridgehead atoms. The molecule has 1 aromatic rings. The molecule has 2 unspecified atom stereocenters. The molecule has 3 rings (SSSR count). The normalized spacial score (nSPS) is 27.5. The minimum Gasteiger partial charge on any atom is -0.479 e. The van der Waals surface area contributed by atoms with E-state index in [4.69, 9.17) is 9.84 Å². The summed E-state index contributed by atoms with van der Waals surface area (Å²) in [6, 6.07) is 7.81. The number of hydrogen-bond acceptors (Lipinski definition) is 3. The smallest absolute Gasteiger partial charge is 0.343 e. The zero-order valence-electron chi connectivity index (χ0n) is 12.1. The van der Waals surface area contributed by atoms with Gasteiger partial charge in [-0.15, -0.1) is 0 Å². The fourth-order valence-electron chi connectivity index (χ4n) is 3.09. The van der Waals surface area contributed by atoms with Crippen molar-refractivity contribution in [3.8, 4) is 0 Å². The van der Waals surface area contributed by atoms with Gasteiger partial charge in [0.05, 0.1) is 25.7 Å². The van der Waals surface area contributed by atoms with Crippen LogP contribution in [0.3, 0.4) is 0 Å². The molecule has 0 saturated carbocycles. The molecule has 2 heterocycles. The van der Waals surface area contributed by atoms with Crippen LogP contribution < -0.4 is 0 Å². The maximum Gasteiger partial charge on any atom is 0.343 e. The summed E-state index contributed by atoms with van der Waals surface area (Å²) in [5.41, 5.74) is -0.162. The van der Waals surface area contributed by atoms with Crippen molar-refractivity contribution in [3.05, 3.63) is 35.4 Å². The van der Waals surface area contributed by atoms with Crippen molar-refractivity contribution in [3.63, 3.8) is 0 Å². The maximum atomic E-state index is 14.0. The van der Waals surface area contributed by atoms with Gasteiger partial charge in [-0.2, -0.15) is 0 Å². The highest BCUT2D eigenvalue weighted by Crippen LogP contribution is 2.32. The van der Waals surface area contributed by atoms with Crippen molar-refractivity contribution in [1.29, 1.82) is 0 Å². The van der Waals surface area contributed by atoms with Crippen molar-refractivity contribution in [2.45, 2.75) is 31.0 Å². The van der Waals surface area contributed by atoms with Crippen molar-refractivity contribution in [2.75, 3.05) is 19.7 Å². The third-order valence-electron chi connectivity index (χ3n) is 4.41. The second-order valence-corrected chi connectivity index (χ2v) is 5.85. The average Bonchev–Trinajstić information content (AvgIpc) is 2.92. The number of hydrogen-bond donors (Lipinski definition) is 1. The second kappa shape index (κ2) is 5.68. The number of rotatable bonds is 3. The summed E-state index contributed by atoms with van der Waals surface area (Å²) in [7, 11) is 0. The summed E-state index contributed by atoms with van der Waals surface area (Å²) >= 11 is 0. The van der Waals surface area contributed by atoms with Gasteiger partial charge in [0.2, 0.25) is 11.6 Å². The van der Waals surface area contributed by atoms with Crippen molar-refractivity contribution >= 4 is 11.9 Å². The predicted octanol–water partition coefficient (Wildman–Crippen LogP) is 1.72. The molecule has 0 spiro atoms. The monoisotopic (exact) mass is 307 g/mol. The Kier molecular flexibility index (Phi) is 3.87. The van der Waals surface area contributed by atoms with Crippen LogP contribution in [0.15, 0.2) is 24.3 Å². The van der Waals surface area contributed by atoms with Crippen LogP contribution in [-0.4, -0.2) is 47.2 Å². The van der Waals surface area contributed by atoms with Gasteiger partial charge in [-0.1, -0.05) is 24.3 Å². The topological polar surface area (TPSA) is 66.8 Å². The van der Waals surface area contributed by atoms with Crippen LogP contribution in [0.25, 0.3) is 0 Å². The quantitative estimate of drug-likeness (QED) is 0.923. The van der Waals surface area contributed by atoms with E-state index in [-0.39, 0.29) is 37.9 Å². The number of amides is 1. The van der Waals surface area contributed by atoms with E-state index in [0.717, 1.165) is 12.0 Å². The van der Waals surface area contributed by atoms with E-state index < -0.39 is 11.6 Å². The molecule has 6 heteroatoms. The summed E-state index contributed by atoms with van der Waals surface area (Å²) in [4.78, 5) is 24.5. The zero-order valence-corrected chi connectivity index (χ0v) is 12.1. The molecule has 1 N–H and O–H groups in total. The predicted molar refractivity (Wildman–Crippen MR) is 76.1 cm³/mol. The van der Waals surface area contributed by atoms with Crippen LogP contribution in [0.1, 0.15) is 30.1 Å². The number of aliphatic carboxylic acids is 1. The van der Waals surface area contributed by atoms with Gasteiger partial charge in [0, 0.05) is 13.0 Å². The molecule has 1 aromatic carbocycles. The lowest BCUT2D eigenvalue weighted by Crippen LogP contribution is -2.39. The Hall–Kier alpha value is -1.95. The number of likely N-dealkylation sites (tertiary alicyclic amines) is 1. The maximum absolute atomic E-state index is 14.0. The zero-order chi connectivity index (χ0) is 15.7. The fraction of sp³-hybridized carbons (Fsp3) is 0.500. The number of benzene rings is 1. The van der Waals surface area contributed by atoms with Gasteiger partial charge in [0.1, 0.15) is 0 Å². The molecule has 22 heavy (non-hydrogen) atoms. The van der Waals surface area contributed by atoms with E-state index in [2.05, 4.69) is 0 Å². The number of carboxylic acids is 1. The van der Waals surface area contributed by atoms with E-state index in [0.29, 0.717) is 6.61 Å². The number of ether oxygens (including phenoxy) is 1. The standard InChI is InChI=1S/C16H18FNO4/c17-16(15(20)21)6-7-18(10-16)14(19)9-13-12-4-2-1-3-11(12)5-8-22-13/h1-4,13H,5-10H2,(H,20,21). The van der Waals surface area contributed by atoms with Crippen LogP contribution in [-0.2, 0) is 20.7 Å². The number of fused-ring (bicyclic) bond motifs is 1. The Bertz CT molecular complexity index is 606. The van der Waals surface area contributed by atoms with Crippen LogP contribution in [0, 0.1) is 0 Å². The third-order valence-corrected chi connectivity index (χ3v) is 4.41. The first-order valence-electron chi connectivity index (χ1n) is 7.39. The number of nitrogens with zero attached hydrogens (tertiary/aromatic N) is 1. The summed E-state index contributed by atoms with van der Waals surface area (Å²) < 4.78 is 19.7. The highest BCUT2D eigenvalue weighted by atomic mass is 19.1. The molecule has 1 fully saturated rings. The van der Waals surface area contributed by atoms with E-state index in [9.17, 15) is 14.0 Å². The Balaban J connectivity index is 1.68. The van der Waals surface area contributed by atoms with Gasteiger partial charge in [-0.05, 0) is 17.5 Å². The molecule has 118 valence electrons. The van der Waals surface area contributed by atoms with Crippen molar-refractivity contribution < 1.29 is 23.8 Å². The SMILES string of the molecule is O=C(CC1OCCc2ccccc21)N1CCC(F)(C(=O)O)C1. The van der Waals surface area contributed by atoms with Gasteiger partial charge in [-0.3, -0.25) is 4.79 Å². The molecule has 2 atom stereocenters. The molecule has 2 aliphatic rings. The van der Waals surface area contributed by atoms with Crippen molar-refractivity contribution in [1.82, 2.24) is 4.90 Å². The van der Waals surface area contributed by atoms with Gasteiger partial charge in [-0.25, -0.2) is 9.18 Å². The summed E-state index contributed by atoms with van der Waals surface area (Å²) in [6.07, 6.45) is 0.442. The molecule has 2 aliphatic heterocycles. The largest absolute Gasteiger partial charge is 0.479 e. The van der Waals surface area contributed by atoms with Crippen LogP contribution in [0.2, 0.25) is 0 Å². The molecule has 0 radical (unpaired) electrons. The van der Waals surface area contributed by atoms with Crippen LogP contribution >= 0.6 is 0 Å². The average molecular weight is 307 g/mol. The van der Waals surface area contributed by atoms with Gasteiger partial charge >= 0.3 is 5.97 Å². The van der Waals surface area contributed by atoms with Gasteiger partial charge in [0.15, 0.2) is 0 Å². The molecule has 1 amide bonds. The number of alkyl halides is 1. The molecular weight excluding hydrogens is 289 g/mol.